The van der Waals surface area contributed by atoms with Crippen molar-refractivity contribution in [3.8, 4) is 0 Å². The molecule has 103 heavy (non-hydrogen) atoms. The molecule has 0 aliphatic carbocycles. The van der Waals surface area contributed by atoms with E-state index in [1.807, 2.05) is 263 Å². The van der Waals surface area contributed by atoms with Crippen molar-refractivity contribution in [1.82, 2.24) is 24.5 Å². The number of Topliss-reactive ketones (excluding diaryl/α,β-unsaturated/α-hetero) is 5. The zero-order chi connectivity index (χ0) is 81.0. The number of hydrogen-bond acceptors (Lipinski definition) is 25. The quantitative estimate of drug-likeness (QED) is 0.0116. The fraction of sp³-hybridized carbons (Fsp3) is 0.769. The van der Waals surface area contributed by atoms with Gasteiger partial charge in [0, 0.05) is 120 Å². The normalized spacial score (nSPS) is 16.7. The molecule has 0 spiro atoms. The molecule has 1 rings (SSSR count). The second kappa shape index (κ2) is 55.7. The maximum absolute atomic E-state index is 12.6. The van der Waals surface area contributed by atoms with Gasteiger partial charge in [0.15, 0.2) is 28.9 Å². The molecule has 0 bridgehead atoms. The highest BCUT2D eigenvalue weighted by atomic mass is 16.6. The van der Waals surface area contributed by atoms with Crippen LogP contribution in [0.15, 0.2) is 68.8 Å². The summed E-state index contributed by atoms with van der Waals surface area (Å²) in [6.45, 7) is 54.0. The zero-order valence-electron chi connectivity index (χ0n) is 69.4. The van der Waals surface area contributed by atoms with Crippen LogP contribution in [0.5, 0.6) is 0 Å². The highest BCUT2D eigenvalue weighted by Crippen LogP contribution is 2.24. The van der Waals surface area contributed by atoms with E-state index in [-0.39, 0.29) is 118 Å². The van der Waals surface area contributed by atoms with Crippen molar-refractivity contribution in [3.63, 3.8) is 0 Å². The number of aliphatic hydroxyl groups is 5. The van der Waals surface area contributed by atoms with Gasteiger partial charge in [0.05, 0.1) is 60.7 Å². The minimum absolute atomic E-state index is 0.00288. The lowest BCUT2D eigenvalue weighted by molar-refractivity contribution is -0.133. The van der Waals surface area contributed by atoms with Crippen molar-refractivity contribution in [1.29, 1.82) is 0 Å². The van der Waals surface area contributed by atoms with E-state index in [2.05, 4.69) is 37.2 Å². The van der Waals surface area contributed by atoms with Gasteiger partial charge >= 0.3 is 0 Å². The summed E-state index contributed by atoms with van der Waals surface area (Å²) in [4.78, 5) is 91.2. The third-order valence-electron chi connectivity index (χ3n) is 18.1. The average molecular weight is 1460 g/mol. The van der Waals surface area contributed by atoms with Crippen molar-refractivity contribution in [2.24, 2.45) is 85.0 Å². The molecule has 0 saturated carbocycles. The Balaban J connectivity index is -0.000000598. The lowest BCUT2D eigenvalue weighted by atomic mass is 9.89. The van der Waals surface area contributed by atoms with Crippen LogP contribution in [-0.2, 0) is 49.9 Å². The number of benzene rings is 1. The van der Waals surface area contributed by atoms with Crippen LogP contribution in [0.3, 0.4) is 0 Å². The van der Waals surface area contributed by atoms with Crippen molar-refractivity contribution < 1.29 is 74.1 Å². The minimum atomic E-state index is -0.886. The molecule has 598 valence electrons. The first-order chi connectivity index (χ1) is 47.7. The van der Waals surface area contributed by atoms with Crippen LogP contribution < -0.4 is 0 Å². The Morgan fingerprint density at radius 2 is 0.621 bits per heavy atom. The average Bonchev–Trinajstić information content (AvgIpc) is 0.869. The molecule has 1 aromatic carbocycles. The van der Waals surface area contributed by atoms with Gasteiger partial charge in [-0.3, -0.25) is 48.5 Å². The lowest BCUT2D eigenvalue weighted by Gasteiger charge is -2.36. The Morgan fingerprint density at radius 1 is 0.388 bits per heavy atom. The number of rotatable bonds is 44. The van der Waals surface area contributed by atoms with Crippen LogP contribution in [0.4, 0.5) is 0 Å². The zero-order valence-corrected chi connectivity index (χ0v) is 69.4. The van der Waals surface area contributed by atoms with Gasteiger partial charge in [-0.05, 0) is 117 Å². The number of aliphatic hydroxyl groups excluding tert-OH is 5. The van der Waals surface area contributed by atoms with Gasteiger partial charge in [-0.1, -0.05) is 167 Å². The first kappa shape index (κ1) is 104. The van der Waals surface area contributed by atoms with Crippen LogP contribution in [0.25, 0.3) is 0 Å². The van der Waals surface area contributed by atoms with Gasteiger partial charge in [-0.15, -0.1) is 5.16 Å². The van der Waals surface area contributed by atoms with Crippen molar-refractivity contribution in [2.45, 2.75) is 278 Å². The third kappa shape index (κ3) is 39.4. The summed E-state index contributed by atoms with van der Waals surface area (Å²) in [5, 5.41) is 79.1. The predicted molar refractivity (Wildman–Crippen MR) is 419 cm³/mol. The number of hydrogen-bond donors (Lipinski definition) is 6. The van der Waals surface area contributed by atoms with Crippen LogP contribution in [0.2, 0.25) is 0 Å². The molecule has 0 saturated heterocycles. The second-order valence-corrected chi connectivity index (χ2v) is 29.8. The van der Waals surface area contributed by atoms with E-state index < -0.39 is 60.7 Å². The molecule has 1 aromatic rings. The van der Waals surface area contributed by atoms with Crippen molar-refractivity contribution in [3.05, 3.63) is 48.6 Å². The topological polar surface area (TPSA) is 322 Å². The van der Waals surface area contributed by atoms with Crippen molar-refractivity contribution >= 4 is 60.0 Å². The maximum atomic E-state index is 12.6. The molecule has 6 N–H and O–H groups in total. The maximum Gasteiger partial charge on any atom is 0.155 e. The number of ketones is 5. The van der Waals surface area contributed by atoms with E-state index in [0.717, 1.165) is 5.56 Å². The van der Waals surface area contributed by atoms with Gasteiger partial charge in [-0.25, -0.2) is 0 Å². The van der Waals surface area contributed by atoms with E-state index in [4.69, 9.17) is 19.7 Å². The van der Waals surface area contributed by atoms with Gasteiger partial charge in [-0.2, -0.15) is 0 Å². The van der Waals surface area contributed by atoms with Crippen molar-refractivity contribution in [2.75, 3.05) is 55.6 Å². The Hall–Kier alpha value is -5.74. The smallest absolute Gasteiger partial charge is 0.155 e. The molecular formula is C78H146N10O15. The number of oxime groups is 5. The van der Waals surface area contributed by atoms with Gasteiger partial charge in [0.2, 0.25) is 0 Å². The fourth-order valence-electron chi connectivity index (χ4n) is 9.78. The number of likely N-dealkylation sites (N-methyl/N-ethyl adjacent to an activating group) is 5. The molecule has 25 nitrogen and oxygen atoms in total. The lowest BCUT2D eigenvalue weighted by Crippen LogP contribution is -2.53. The summed E-state index contributed by atoms with van der Waals surface area (Å²) in [7, 11) is 10.7. The first-order valence-electron chi connectivity index (χ1n) is 36.7. The number of carbonyl (C=O) groups excluding carboxylic acids is 5. The molecule has 0 aliphatic rings. The molecule has 25 heteroatoms. The monoisotopic (exact) mass is 1460 g/mol. The summed E-state index contributed by atoms with van der Waals surface area (Å²) >= 11 is 0. The van der Waals surface area contributed by atoms with E-state index in [1.54, 1.807) is 25.4 Å². The second-order valence-electron chi connectivity index (χ2n) is 29.8. The Kier molecular flexibility index (Phi) is 56.0. The molecule has 0 aromatic heterocycles. The van der Waals surface area contributed by atoms with Crippen LogP contribution in [-0.4, -0.2) is 262 Å². The highest BCUT2D eigenvalue weighted by molar-refractivity contribution is 5.89. The van der Waals surface area contributed by atoms with E-state index in [0.29, 0.717) is 19.8 Å². The number of nitrogens with zero attached hydrogens (tertiary/aromatic N) is 10. The number of carbonyl (C=O) groups is 5. The summed E-state index contributed by atoms with van der Waals surface area (Å²) in [6, 6.07) is 7.81. The van der Waals surface area contributed by atoms with Crippen LogP contribution >= 0.6 is 0 Å². The highest BCUT2D eigenvalue weighted by Gasteiger charge is 2.40. The molecular weight excluding hydrogens is 1320 g/mol. The molecule has 0 heterocycles. The SMILES string of the molecule is C=CCON=C[C@@H](C)[C@@H](O)[C@@H](C(=O)C(C)C)N(C)C(C)C.CC(C)C(=O)[C@H]([C@H](O)[C@H](C)C=NO)N(C)C(C)C.CC(C)C(=O)[C@H]([C@H](O)[C@H](C)C=NOCc1ccccc1)N(C)C(C)C.CCON=C[C@@H](C)[C@@H](O)[C@@H](C(=O)C(C)C)N(C)C(C)C.CON=C[C@@H](C)[C@@H](O)[C@@H](C(=O)C(C)C)N(C)C(C)C. The molecule has 0 radical (unpaired) electrons. The van der Waals surface area contributed by atoms with Gasteiger partial charge in [0.1, 0.15) is 26.9 Å². The summed E-state index contributed by atoms with van der Waals surface area (Å²) < 4.78 is 0. The fourth-order valence-corrected chi connectivity index (χ4v) is 9.78. The van der Waals surface area contributed by atoms with E-state index >= 15 is 0 Å². The van der Waals surface area contributed by atoms with Crippen LogP contribution in [0.1, 0.15) is 186 Å². The Morgan fingerprint density at radius 3 is 0.835 bits per heavy atom. The molecule has 15 atom stereocenters. The van der Waals surface area contributed by atoms with E-state index in [9.17, 15) is 49.5 Å². The molecule has 0 unspecified atom stereocenters. The summed E-state index contributed by atoms with van der Waals surface area (Å²) in [5.41, 5.74) is 1.03. The van der Waals surface area contributed by atoms with Gasteiger partial charge < -0.3 is 50.1 Å². The first-order valence-corrected chi connectivity index (χ1v) is 36.7. The summed E-state index contributed by atoms with van der Waals surface area (Å²) in [6.07, 6.45) is 4.86. The molecule has 0 amide bonds. The van der Waals surface area contributed by atoms with Crippen LogP contribution in [0, 0.1) is 59.2 Å². The standard InChI is InChI=1S/C20H32N2O3.C16H30N2O3.C15H30N2O3.C14H28N2O3.C13H26N2O3/c1-14(2)19(23)18(22(6)15(3)4)20(24)16(5)12-21-25-13-17-10-8-7-9-11-17;1-8-9-21-17-10-13(6)16(20)14(15(19)11(2)3)18(7)12(4)5;1-8-20-16-9-12(6)15(19)13(14(18)10(2)3)17(7)11(4)5;1-9(2)13(17)12(16(6)10(3)4)14(18)11(5)8-15-19-7;1-8(2)12(16)11(15(6)9(3)4)13(17)10(5)7-14-18/h7-12,14-16,18,20,24H,13H2,1-6H3;8,10-14,16,20H,1,9H2,2-7H3;9-13,15,19H,8H2,1-7H3;8-12,14,18H,1-7H3;7-11,13,17-18H,1-6H3/t16-,18-,20-;13-,14-,16-;12-,13-,15-;11-,12-,14-;10-,11-,13-/m11111/s1. The largest absolute Gasteiger partial charge is 0.411 e. The molecule has 0 fully saturated rings. The third-order valence-corrected chi connectivity index (χ3v) is 18.1. The molecule has 0 aliphatic heterocycles. The van der Waals surface area contributed by atoms with E-state index in [1.165, 1.54) is 25.8 Å². The Labute approximate surface area is 622 Å². The van der Waals surface area contributed by atoms with Gasteiger partial charge in [0.25, 0.3) is 0 Å². The predicted octanol–water partition coefficient (Wildman–Crippen LogP) is 10.1. The Bertz CT molecular complexity index is 2600. The summed E-state index contributed by atoms with van der Waals surface area (Å²) in [5.74, 6) is -1.99. The minimum Gasteiger partial charge on any atom is -0.411 e.